The number of ether oxygens (including phenoxy) is 2. The van der Waals surface area contributed by atoms with Gasteiger partial charge >= 0.3 is 0 Å². The molecule has 0 saturated carbocycles. The van der Waals surface area contributed by atoms with Gasteiger partial charge in [0.25, 0.3) is 0 Å². The van der Waals surface area contributed by atoms with E-state index >= 15 is 0 Å². The summed E-state index contributed by atoms with van der Waals surface area (Å²) in [6.07, 6.45) is -0.0408. The van der Waals surface area contributed by atoms with Gasteiger partial charge < -0.3 is 9.47 Å². The van der Waals surface area contributed by atoms with E-state index in [1.165, 1.54) is 5.56 Å². The maximum absolute atomic E-state index is 6.45. The lowest BCUT2D eigenvalue weighted by Crippen LogP contribution is -2.31. The van der Waals surface area contributed by atoms with Crippen LogP contribution in [0.15, 0.2) is 24.3 Å². The second kappa shape index (κ2) is 5.60. The minimum Gasteiger partial charge on any atom is -0.376 e. The van der Waals surface area contributed by atoms with Crippen molar-refractivity contribution in [3.63, 3.8) is 0 Å². The van der Waals surface area contributed by atoms with Crippen molar-refractivity contribution < 1.29 is 9.47 Å². The molecule has 2 rings (SSSR count). The maximum Gasteiger partial charge on any atom is 0.101 e. The summed E-state index contributed by atoms with van der Waals surface area (Å²) in [5, 5.41) is -0.140. The highest BCUT2D eigenvalue weighted by atomic mass is 35.5. The molecule has 1 aliphatic rings. The number of hydrogen-bond donors (Lipinski definition) is 0. The molecule has 1 fully saturated rings. The lowest BCUT2D eigenvalue weighted by atomic mass is 9.86. The highest BCUT2D eigenvalue weighted by molar-refractivity contribution is 6.21. The molecule has 1 saturated heterocycles. The van der Waals surface area contributed by atoms with E-state index in [0.717, 1.165) is 5.56 Å². The summed E-state index contributed by atoms with van der Waals surface area (Å²) in [6, 6.07) is 8.48. The first kappa shape index (κ1) is 13.9. The zero-order valence-electron chi connectivity index (χ0n) is 11.3. The molecule has 0 N–H and O–H groups in total. The van der Waals surface area contributed by atoms with Crippen molar-refractivity contribution in [3.05, 3.63) is 35.4 Å². The fourth-order valence-corrected chi connectivity index (χ4v) is 2.35. The molecule has 100 valence electrons. The van der Waals surface area contributed by atoms with Crippen LogP contribution < -0.4 is 0 Å². The Morgan fingerprint density at radius 2 is 1.83 bits per heavy atom. The Balaban J connectivity index is 2.09. The molecular weight excluding hydrogens is 248 g/mol. The van der Waals surface area contributed by atoms with E-state index in [-0.39, 0.29) is 16.9 Å². The molecular formula is C15H21ClO2. The number of hydrogen-bond acceptors (Lipinski definition) is 2. The molecule has 1 aliphatic heterocycles. The van der Waals surface area contributed by atoms with Gasteiger partial charge in [0, 0.05) is 0 Å². The summed E-state index contributed by atoms with van der Waals surface area (Å²) in [5.74, 6) is 0. The highest BCUT2D eigenvalue weighted by Crippen LogP contribution is 2.30. The zero-order chi connectivity index (χ0) is 13.2. The third-order valence-corrected chi connectivity index (χ3v) is 3.80. The van der Waals surface area contributed by atoms with Gasteiger partial charge in [-0.2, -0.15) is 0 Å². The maximum atomic E-state index is 6.45. The molecule has 0 spiro atoms. The van der Waals surface area contributed by atoms with E-state index in [1.807, 2.05) is 0 Å². The molecule has 1 heterocycles. The smallest absolute Gasteiger partial charge is 0.101 e. The van der Waals surface area contributed by atoms with Gasteiger partial charge in [0.1, 0.15) is 6.10 Å². The van der Waals surface area contributed by atoms with Crippen molar-refractivity contribution in [1.29, 1.82) is 0 Å². The van der Waals surface area contributed by atoms with Gasteiger partial charge in [-0.05, 0) is 16.5 Å². The average Bonchev–Trinajstić information content (AvgIpc) is 2.38. The predicted octanol–water partition coefficient (Wildman–Crippen LogP) is 3.68. The number of halogens is 1. The topological polar surface area (TPSA) is 18.5 Å². The number of rotatable bonds is 2. The Kier molecular flexibility index (Phi) is 4.31. The quantitative estimate of drug-likeness (QED) is 0.762. The van der Waals surface area contributed by atoms with Gasteiger partial charge in [-0.1, -0.05) is 45.0 Å². The van der Waals surface area contributed by atoms with Crippen molar-refractivity contribution in [3.8, 4) is 0 Å². The third kappa shape index (κ3) is 3.25. The summed E-state index contributed by atoms with van der Waals surface area (Å²) < 4.78 is 11.0. The summed E-state index contributed by atoms with van der Waals surface area (Å²) in [6.45, 7) is 8.50. The Bertz CT molecular complexity index is 374. The van der Waals surface area contributed by atoms with Crippen LogP contribution in [0.3, 0.4) is 0 Å². The first-order valence-corrected chi connectivity index (χ1v) is 6.86. The van der Waals surface area contributed by atoms with Crippen molar-refractivity contribution in [2.45, 2.75) is 37.7 Å². The number of benzene rings is 1. The summed E-state index contributed by atoms with van der Waals surface area (Å²) in [5.41, 5.74) is 2.58. The molecule has 3 heteroatoms. The molecule has 1 aromatic rings. The normalized spacial score (nSPS) is 22.8. The Morgan fingerprint density at radius 3 is 2.33 bits per heavy atom. The first-order chi connectivity index (χ1) is 8.48. The monoisotopic (exact) mass is 268 g/mol. The van der Waals surface area contributed by atoms with Gasteiger partial charge in [0.2, 0.25) is 0 Å². The van der Waals surface area contributed by atoms with E-state index < -0.39 is 0 Å². The van der Waals surface area contributed by atoms with Crippen LogP contribution >= 0.6 is 11.6 Å². The molecule has 0 amide bonds. The van der Waals surface area contributed by atoms with E-state index in [1.54, 1.807) is 0 Å². The second-order valence-electron chi connectivity index (χ2n) is 5.76. The van der Waals surface area contributed by atoms with Crippen molar-refractivity contribution in [2.75, 3.05) is 19.8 Å². The molecule has 0 bridgehead atoms. The van der Waals surface area contributed by atoms with Crippen LogP contribution in [0.2, 0.25) is 0 Å². The molecule has 2 unspecified atom stereocenters. The molecule has 1 aromatic carbocycles. The molecule has 2 nitrogen and oxygen atoms in total. The van der Waals surface area contributed by atoms with Crippen LogP contribution in [-0.4, -0.2) is 25.9 Å². The lowest BCUT2D eigenvalue weighted by Gasteiger charge is -2.27. The largest absolute Gasteiger partial charge is 0.376 e. The summed E-state index contributed by atoms with van der Waals surface area (Å²) in [4.78, 5) is 0. The molecule has 0 radical (unpaired) electrons. The van der Waals surface area contributed by atoms with Crippen molar-refractivity contribution in [1.82, 2.24) is 0 Å². The van der Waals surface area contributed by atoms with Crippen LogP contribution in [-0.2, 0) is 14.9 Å². The number of alkyl halides is 1. The van der Waals surface area contributed by atoms with Crippen molar-refractivity contribution >= 4 is 11.6 Å². The van der Waals surface area contributed by atoms with Crippen molar-refractivity contribution in [2.24, 2.45) is 0 Å². The SMILES string of the molecule is CC(C)(C)c1ccc(C(Cl)C2COCCO2)cc1. The minimum absolute atomic E-state index is 0.0408. The summed E-state index contributed by atoms with van der Waals surface area (Å²) in [7, 11) is 0. The fraction of sp³-hybridized carbons (Fsp3) is 0.600. The van der Waals surface area contributed by atoms with Crippen LogP contribution in [0.25, 0.3) is 0 Å². The summed E-state index contributed by atoms with van der Waals surface area (Å²) >= 11 is 6.45. The van der Waals surface area contributed by atoms with Crippen LogP contribution in [0.4, 0.5) is 0 Å². The Hall–Kier alpha value is -0.570. The van der Waals surface area contributed by atoms with E-state index in [2.05, 4.69) is 45.0 Å². The van der Waals surface area contributed by atoms with Crippen LogP contribution in [0.5, 0.6) is 0 Å². The van der Waals surface area contributed by atoms with Gasteiger partial charge in [0.15, 0.2) is 0 Å². The standard InChI is InChI=1S/C15H21ClO2/c1-15(2,3)12-6-4-11(5-7-12)14(16)13-10-17-8-9-18-13/h4-7,13-14H,8-10H2,1-3H3. The molecule has 0 aromatic heterocycles. The van der Waals surface area contributed by atoms with Crippen LogP contribution in [0, 0.1) is 0 Å². The lowest BCUT2D eigenvalue weighted by molar-refractivity contribution is -0.0892. The van der Waals surface area contributed by atoms with Crippen LogP contribution in [0.1, 0.15) is 37.3 Å². The van der Waals surface area contributed by atoms with Gasteiger partial charge in [-0.25, -0.2) is 0 Å². The predicted molar refractivity (Wildman–Crippen MR) is 74.3 cm³/mol. The van der Waals surface area contributed by atoms with E-state index in [4.69, 9.17) is 21.1 Å². The van der Waals surface area contributed by atoms with E-state index in [0.29, 0.717) is 19.8 Å². The third-order valence-electron chi connectivity index (χ3n) is 3.26. The minimum atomic E-state index is -0.140. The van der Waals surface area contributed by atoms with Gasteiger partial charge in [-0.3, -0.25) is 0 Å². The van der Waals surface area contributed by atoms with E-state index in [9.17, 15) is 0 Å². The highest BCUT2D eigenvalue weighted by Gasteiger charge is 2.25. The Morgan fingerprint density at radius 1 is 1.17 bits per heavy atom. The first-order valence-electron chi connectivity index (χ1n) is 6.42. The molecule has 0 aliphatic carbocycles. The Labute approximate surface area is 114 Å². The fourth-order valence-electron chi connectivity index (χ4n) is 2.06. The molecule has 18 heavy (non-hydrogen) atoms. The average molecular weight is 269 g/mol. The zero-order valence-corrected chi connectivity index (χ0v) is 12.0. The van der Waals surface area contributed by atoms with Gasteiger partial charge in [-0.15, -0.1) is 11.6 Å². The second-order valence-corrected chi connectivity index (χ2v) is 6.23. The molecule has 2 atom stereocenters. The van der Waals surface area contributed by atoms with Gasteiger partial charge in [0.05, 0.1) is 25.2 Å².